The Morgan fingerprint density at radius 3 is 2.24 bits per heavy atom. The lowest BCUT2D eigenvalue weighted by molar-refractivity contribution is -0.137. The van der Waals surface area contributed by atoms with E-state index in [1.807, 2.05) is 32.2 Å². The first-order chi connectivity index (χ1) is 9.82. The van der Waals surface area contributed by atoms with E-state index in [0.717, 1.165) is 28.3 Å². The molecule has 2 rings (SSSR count). The summed E-state index contributed by atoms with van der Waals surface area (Å²) in [6.45, 7) is 4.37. The molecule has 0 bridgehead atoms. The Morgan fingerprint density at radius 2 is 1.67 bits per heavy atom. The molecule has 2 aromatic rings. The van der Waals surface area contributed by atoms with Crippen molar-refractivity contribution in [2.45, 2.75) is 26.6 Å². The first kappa shape index (κ1) is 15.6. The average Bonchev–Trinajstić information content (AvgIpc) is 2.40. The molecule has 0 aliphatic heterocycles. The SMILES string of the molecule is CNCc1ccc(C)cc1-c1ccc(C(F)(F)F)cc1C. The minimum atomic E-state index is -4.30. The third-order valence-electron chi connectivity index (χ3n) is 3.48. The van der Waals surface area contributed by atoms with Crippen molar-refractivity contribution in [3.63, 3.8) is 0 Å². The van der Waals surface area contributed by atoms with Gasteiger partial charge in [0.25, 0.3) is 0 Å². The lowest BCUT2D eigenvalue weighted by atomic mass is 9.93. The Morgan fingerprint density at radius 1 is 0.952 bits per heavy atom. The lowest BCUT2D eigenvalue weighted by Gasteiger charge is -2.15. The Hall–Kier alpha value is -1.81. The molecule has 0 saturated carbocycles. The summed E-state index contributed by atoms with van der Waals surface area (Å²) in [7, 11) is 1.85. The van der Waals surface area contributed by atoms with Crippen LogP contribution in [0, 0.1) is 13.8 Å². The third-order valence-corrected chi connectivity index (χ3v) is 3.48. The maximum absolute atomic E-state index is 12.8. The van der Waals surface area contributed by atoms with Crippen molar-refractivity contribution in [1.29, 1.82) is 0 Å². The minimum absolute atomic E-state index is 0.605. The molecular weight excluding hydrogens is 275 g/mol. The van der Waals surface area contributed by atoms with Gasteiger partial charge in [-0.15, -0.1) is 0 Å². The highest BCUT2D eigenvalue weighted by Crippen LogP contribution is 2.34. The molecule has 2 aromatic carbocycles. The number of aryl methyl sites for hydroxylation is 2. The molecule has 4 heteroatoms. The standard InChI is InChI=1S/C17H18F3N/c1-11-4-5-13(10-21-3)16(8-11)15-7-6-14(9-12(15)2)17(18,19)20/h4-9,21H,10H2,1-3H3. The largest absolute Gasteiger partial charge is 0.416 e. The first-order valence-electron chi connectivity index (χ1n) is 6.75. The van der Waals surface area contributed by atoms with Crippen molar-refractivity contribution in [1.82, 2.24) is 5.32 Å². The molecule has 1 nitrogen and oxygen atoms in total. The molecule has 0 fully saturated rings. The molecule has 0 aromatic heterocycles. The fourth-order valence-electron chi connectivity index (χ4n) is 2.43. The van der Waals surface area contributed by atoms with Gasteiger partial charge in [0.15, 0.2) is 0 Å². The molecule has 0 saturated heterocycles. The van der Waals surface area contributed by atoms with E-state index in [4.69, 9.17) is 0 Å². The van der Waals surface area contributed by atoms with E-state index in [2.05, 4.69) is 5.32 Å². The molecule has 112 valence electrons. The summed E-state index contributed by atoms with van der Waals surface area (Å²) in [6.07, 6.45) is -4.30. The quantitative estimate of drug-likeness (QED) is 0.864. The zero-order chi connectivity index (χ0) is 15.6. The van der Waals surface area contributed by atoms with E-state index in [1.54, 1.807) is 13.0 Å². The van der Waals surface area contributed by atoms with E-state index in [1.165, 1.54) is 6.07 Å². The Kier molecular flexibility index (Phi) is 4.37. The van der Waals surface area contributed by atoms with Crippen LogP contribution in [-0.2, 0) is 12.7 Å². The van der Waals surface area contributed by atoms with Crippen LogP contribution in [-0.4, -0.2) is 7.05 Å². The summed E-state index contributed by atoms with van der Waals surface area (Å²) in [5, 5.41) is 3.09. The second-order valence-corrected chi connectivity index (χ2v) is 5.22. The second kappa shape index (κ2) is 5.90. The molecule has 0 aliphatic carbocycles. The van der Waals surface area contributed by atoms with Gasteiger partial charge in [-0.1, -0.05) is 29.8 Å². The second-order valence-electron chi connectivity index (χ2n) is 5.22. The normalized spacial score (nSPS) is 11.7. The number of nitrogens with one attached hydrogen (secondary N) is 1. The molecule has 21 heavy (non-hydrogen) atoms. The summed E-state index contributed by atoms with van der Waals surface area (Å²) < 4.78 is 38.3. The summed E-state index contributed by atoms with van der Waals surface area (Å²) >= 11 is 0. The monoisotopic (exact) mass is 293 g/mol. The van der Waals surface area contributed by atoms with Gasteiger partial charge in [0, 0.05) is 6.54 Å². The number of hydrogen-bond acceptors (Lipinski definition) is 1. The first-order valence-corrected chi connectivity index (χ1v) is 6.75. The van der Waals surface area contributed by atoms with Gasteiger partial charge in [0.2, 0.25) is 0 Å². The van der Waals surface area contributed by atoms with E-state index in [0.29, 0.717) is 12.1 Å². The van der Waals surface area contributed by atoms with Crippen LogP contribution in [0.3, 0.4) is 0 Å². The molecule has 0 atom stereocenters. The predicted octanol–water partition coefficient (Wildman–Crippen LogP) is 4.71. The molecule has 1 N–H and O–H groups in total. The van der Waals surface area contributed by atoms with Gasteiger partial charge in [-0.05, 0) is 55.3 Å². The van der Waals surface area contributed by atoms with Gasteiger partial charge >= 0.3 is 6.18 Å². The van der Waals surface area contributed by atoms with Crippen molar-refractivity contribution in [2.24, 2.45) is 0 Å². The highest BCUT2D eigenvalue weighted by Gasteiger charge is 2.30. The number of benzene rings is 2. The van der Waals surface area contributed by atoms with Crippen molar-refractivity contribution in [3.8, 4) is 11.1 Å². The molecular formula is C17H18F3N. The van der Waals surface area contributed by atoms with Crippen LogP contribution >= 0.6 is 0 Å². The smallest absolute Gasteiger partial charge is 0.316 e. The predicted molar refractivity (Wildman–Crippen MR) is 79.1 cm³/mol. The van der Waals surface area contributed by atoms with Gasteiger partial charge in [0.05, 0.1) is 5.56 Å². The van der Waals surface area contributed by atoms with Gasteiger partial charge in [-0.3, -0.25) is 0 Å². The summed E-state index contributed by atoms with van der Waals surface area (Å²) in [5.41, 5.74) is 4.02. The van der Waals surface area contributed by atoms with Crippen molar-refractivity contribution < 1.29 is 13.2 Å². The maximum Gasteiger partial charge on any atom is 0.416 e. The Bertz CT molecular complexity index is 645. The van der Waals surface area contributed by atoms with Crippen molar-refractivity contribution >= 4 is 0 Å². The molecule has 0 spiro atoms. The fourth-order valence-corrected chi connectivity index (χ4v) is 2.43. The molecule has 0 aliphatic rings. The highest BCUT2D eigenvalue weighted by atomic mass is 19.4. The summed E-state index contributed by atoms with van der Waals surface area (Å²) in [5.74, 6) is 0. The number of hydrogen-bond donors (Lipinski definition) is 1. The van der Waals surface area contributed by atoms with Crippen LogP contribution in [0.5, 0.6) is 0 Å². The van der Waals surface area contributed by atoms with E-state index < -0.39 is 11.7 Å². The van der Waals surface area contributed by atoms with Crippen LogP contribution in [0.4, 0.5) is 13.2 Å². The van der Waals surface area contributed by atoms with Gasteiger partial charge in [-0.2, -0.15) is 13.2 Å². The van der Waals surface area contributed by atoms with Crippen LogP contribution in [0.2, 0.25) is 0 Å². The van der Waals surface area contributed by atoms with E-state index >= 15 is 0 Å². The lowest BCUT2D eigenvalue weighted by Crippen LogP contribution is -2.08. The Labute approximate surface area is 122 Å². The molecule has 0 amide bonds. The molecule has 0 heterocycles. The van der Waals surface area contributed by atoms with Crippen molar-refractivity contribution in [2.75, 3.05) is 7.05 Å². The highest BCUT2D eigenvalue weighted by molar-refractivity contribution is 5.71. The zero-order valence-corrected chi connectivity index (χ0v) is 12.3. The van der Waals surface area contributed by atoms with Crippen LogP contribution in [0.25, 0.3) is 11.1 Å². The van der Waals surface area contributed by atoms with Gasteiger partial charge in [0.1, 0.15) is 0 Å². The van der Waals surface area contributed by atoms with E-state index in [-0.39, 0.29) is 0 Å². The third kappa shape index (κ3) is 3.45. The molecule has 0 radical (unpaired) electrons. The summed E-state index contributed by atoms with van der Waals surface area (Å²) in [6, 6.07) is 9.96. The van der Waals surface area contributed by atoms with Crippen LogP contribution in [0.1, 0.15) is 22.3 Å². The fraction of sp³-hybridized carbons (Fsp3) is 0.294. The van der Waals surface area contributed by atoms with Gasteiger partial charge < -0.3 is 5.32 Å². The summed E-state index contributed by atoms with van der Waals surface area (Å²) in [4.78, 5) is 0. The zero-order valence-electron chi connectivity index (χ0n) is 12.3. The Balaban J connectivity index is 2.54. The maximum atomic E-state index is 12.8. The average molecular weight is 293 g/mol. The van der Waals surface area contributed by atoms with Gasteiger partial charge in [-0.25, -0.2) is 0 Å². The minimum Gasteiger partial charge on any atom is -0.316 e. The van der Waals surface area contributed by atoms with E-state index in [9.17, 15) is 13.2 Å². The number of halogens is 3. The molecule has 0 unspecified atom stereocenters. The number of rotatable bonds is 3. The van der Waals surface area contributed by atoms with Crippen LogP contribution in [0.15, 0.2) is 36.4 Å². The number of alkyl halides is 3. The van der Waals surface area contributed by atoms with Crippen LogP contribution < -0.4 is 5.32 Å². The van der Waals surface area contributed by atoms with Crippen molar-refractivity contribution in [3.05, 3.63) is 58.7 Å². The topological polar surface area (TPSA) is 12.0 Å².